The first-order valence-electron chi connectivity index (χ1n) is 15.8. The third kappa shape index (κ3) is 10.6. The van der Waals surface area contributed by atoms with Gasteiger partial charge in [0.25, 0.3) is 5.91 Å². The van der Waals surface area contributed by atoms with Crippen LogP contribution in [0, 0.1) is 5.92 Å². The van der Waals surface area contributed by atoms with E-state index in [9.17, 15) is 36.3 Å². The van der Waals surface area contributed by atoms with Gasteiger partial charge < -0.3 is 21.1 Å². The standard InChI is InChI=1S/C19H18F3N7O3.C6H10F2.C5H11NO2/c20-19(21,22)13-5-11(17(30)26-13)3-9-4-14-25-12(8-29(14)24-6-9)7-23-18(31)16-15(10-1-2-10)27-32-28-16;7-6(8)4-2-1-3-5-6;1-3-4(2)8-5(6)7/h4,6,8,10-11,13H,1-3,5,7H2,(H,23,31)(H,26,30);1-5H2;4H,3H2,1-2H3,(H2,6,7). The summed E-state index contributed by atoms with van der Waals surface area (Å²) in [6.07, 6.45) is 3.12. The zero-order chi connectivity index (χ0) is 35.1. The summed E-state index contributed by atoms with van der Waals surface area (Å²) in [5.41, 5.74) is 7.03. The van der Waals surface area contributed by atoms with Gasteiger partial charge in [-0.25, -0.2) is 27.7 Å². The minimum atomic E-state index is -4.46. The van der Waals surface area contributed by atoms with Crippen LogP contribution in [0.4, 0.5) is 26.7 Å². The third-order valence-electron chi connectivity index (χ3n) is 8.11. The first-order valence-corrected chi connectivity index (χ1v) is 15.8. The van der Waals surface area contributed by atoms with Crippen LogP contribution in [0.1, 0.15) is 105 Å². The molecule has 0 spiro atoms. The van der Waals surface area contributed by atoms with Gasteiger partial charge in [0.05, 0.1) is 24.6 Å². The maximum Gasteiger partial charge on any atom is 0.408 e. The molecular weight excluding hydrogens is 647 g/mol. The maximum absolute atomic E-state index is 12.9. The zero-order valence-electron chi connectivity index (χ0n) is 26.6. The topological polar surface area (TPSA) is 180 Å². The summed E-state index contributed by atoms with van der Waals surface area (Å²) in [6, 6.07) is -0.155. The number of hydrogen-bond acceptors (Lipinski definition) is 9. The Kier molecular flexibility index (Phi) is 11.9. The molecule has 0 bridgehead atoms. The molecule has 3 aliphatic rings. The molecule has 3 amide bonds. The molecule has 264 valence electrons. The highest BCUT2D eigenvalue weighted by Gasteiger charge is 2.47. The molecule has 3 unspecified atom stereocenters. The molecule has 13 nitrogen and oxygen atoms in total. The number of nitrogens with zero attached hydrogens (tertiary/aromatic N) is 5. The molecule has 0 radical (unpaired) electrons. The molecule has 1 saturated heterocycles. The molecule has 3 fully saturated rings. The number of imidazole rings is 1. The van der Waals surface area contributed by atoms with Gasteiger partial charge in [0.15, 0.2) is 11.3 Å². The van der Waals surface area contributed by atoms with E-state index in [-0.39, 0.29) is 49.9 Å². The van der Waals surface area contributed by atoms with E-state index in [0.717, 1.165) is 25.7 Å². The number of halogens is 5. The number of carbonyl (C=O) groups is 3. The fraction of sp³-hybridized carbons (Fsp3) is 0.633. The van der Waals surface area contributed by atoms with E-state index < -0.39 is 42.0 Å². The Balaban J connectivity index is 0.000000268. The van der Waals surface area contributed by atoms with Crippen molar-refractivity contribution in [3.8, 4) is 0 Å². The highest BCUT2D eigenvalue weighted by atomic mass is 19.4. The lowest BCUT2D eigenvalue weighted by Gasteiger charge is -2.20. The van der Waals surface area contributed by atoms with E-state index in [2.05, 4.69) is 35.1 Å². The third-order valence-corrected chi connectivity index (χ3v) is 8.11. The molecule has 18 heteroatoms. The lowest BCUT2D eigenvalue weighted by molar-refractivity contribution is -0.154. The Labute approximate surface area is 272 Å². The van der Waals surface area contributed by atoms with E-state index in [0.29, 0.717) is 35.4 Å². The van der Waals surface area contributed by atoms with Gasteiger partial charge in [0.1, 0.15) is 17.8 Å². The van der Waals surface area contributed by atoms with Crippen molar-refractivity contribution in [3.05, 3.63) is 41.1 Å². The van der Waals surface area contributed by atoms with Gasteiger partial charge in [-0.3, -0.25) is 9.59 Å². The quantitative estimate of drug-likeness (QED) is 0.275. The Morgan fingerprint density at radius 1 is 1.21 bits per heavy atom. The average molecular weight is 687 g/mol. The molecule has 3 aromatic heterocycles. The minimum absolute atomic E-state index is 0.0486. The number of nitrogens with one attached hydrogen (secondary N) is 2. The Bertz CT molecular complexity index is 1550. The highest BCUT2D eigenvalue weighted by molar-refractivity contribution is 5.93. The molecule has 1 aliphatic heterocycles. The van der Waals surface area contributed by atoms with Gasteiger partial charge in [0.2, 0.25) is 11.8 Å². The van der Waals surface area contributed by atoms with Crippen LogP contribution in [-0.2, 0) is 22.5 Å². The number of amides is 3. The molecule has 6 rings (SSSR count). The van der Waals surface area contributed by atoms with E-state index in [1.807, 2.05) is 12.2 Å². The second-order valence-corrected chi connectivity index (χ2v) is 12.2. The van der Waals surface area contributed by atoms with E-state index >= 15 is 0 Å². The Morgan fingerprint density at radius 2 is 1.92 bits per heavy atom. The van der Waals surface area contributed by atoms with Crippen LogP contribution in [0.5, 0.6) is 0 Å². The summed E-state index contributed by atoms with van der Waals surface area (Å²) in [7, 11) is 0. The first-order chi connectivity index (χ1) is 22.6. The van der Waals surface area contributed by atoms with Crippen LogP contribution in [0.3, 0.4) is 0 Å². The molecule has 2 saturated carbocycles. The number of fused-ring (bicyclic) bond motifs is 1. The van der Waals surface area contributed by atoms with Gasteiger partial charge in [-0.15, -0.1) is 0 Å². The van der Waals surface area contributed by atoms with Crippen LogP contribution >= 0.6 is 0 Å². The largest absolute Gasteiger partial charge is 0.447 e. The number of primary amides is 1. The molecule has 3 atom stereocenters. The number of ether oxygens (including phenoxy) is 1. The first kappa shape index (κ1) is 36.5. The van der Waals surface area contributed by atoms with Crippen molar-refractivity contribution in [2.75, 3.05) is 0 Å². The van der Waals surface area contributed by atoms with Crippen molar-refractivity contribution in [1.82, 2.24) is 35.5 Å². The van der Waals surface area contributed by atoms with Crippen LogP contribution in [0.15, 0.2) is 23.1 Å². The monoisotopic (exact) mass is 686 g/mol. The van der Waals surface area contributed by atoms with Gasteiger partial charge >= 0.3 is 12.3 Å². The van der Waals surface area contributed by atoms with Crippen molar-refractivity contribution in [1.29, 1.82) is 0 Å². The van der Waals surface area contributed by atoms with Crippen LogP contribution in [0.25, 0.3) is 5.65 Å². The SMILES string of the molecule is CCC(C)OC(N)=O.FC1(F)CCCCC1.O=C(NCc1cn2ncc(CC3CC(C(F)(F)F)NC3=O)cc2n1)c1nonc1C1CC1. The van der Waals surface area contributed by atoms with E-state index in [1.54, 1.807) is 19.2 Å². The summed E-state index contributed by atoms with van der Waals surface area (Å²) < 4.78 is 73.7. The lowest BCUT2D eigenvalue weighted by Crippen LogP contribution is -2.38. The van der Waals surface area contributed by atoms with Crippen LogP contribution in [0.2, 0.25) is 0 Å². The number of rotatable bonds is 8. The summed E-state index contributed by atoms with van der Waals surface area (Å²) in [6.45, 7) is 3.84. The summed E-state index contributed by atoms with van der Waals surface area (Å²) >= 11 is 0. The predicted octanol–water partition coefficient (Wildman–Crippen LogP) is 5.00. The van der Waals surface area contributed by atoms with Crippen LogP contribution < -0.4 is 16.4 Å². The number of nitrogens with two attached hydrogens (primary N) is 1. The number of carbonyl (C=O) groups excluding carboxylic acids is 3. The van der Waals surface area contributed by atoms with Crippen molar-refractivity contribution in [2.45, 2.75) is 115 Å². The van der Waals surface area contributed by atoms with Gasteiger partial charge in [0, 0.05) is 24.7 Å². The van der Waals surface area contributed by atoms with Crippen molar-refractivity contribution in [2.24, 2.45) is 11.7 Å². The number of hydrogen-bond donors (Lipinski definition) is 3. The van der Waals surface area contributed by atoms with Gasteiger partial charge in [-0.1, -0.05) is 18.5 Å². The molecule has 4 heterocycles. The maximum atomic E-state index is 12.9. The Morgan fingerprint density at radius 3 is 2.46 bits per heavy atom. The lowest BCUT2D eigenvalue weighted by atomic mass is 9.97. The average Bonchev–Trinajstić information content (AvgIpc) is 3.40. The van der Waals surface area contributed by atoms with Gasteiger partial charge in [-0.05, 0) is 68.7 Å². The molecule has 48 heavy (non-hydrogen) atoms. The normalized spacial score (nSPS) is 20.9. The molecule has 2 aliphatic carbocycles. The van der Waals surface area contributed by atoms with E-state index in [1.165, 1.54) is 10.7 Å². The number of alkyl halides is 5. The van der Waals surface area contributed by atoms with Crippen molar-refractivity contribution < 1.29 is 45.7 Å². The second kappa shape index (κ2) is 15.7. The summed E-state index contributed by atoms with van der Waals surface area (Å²) in [5, 5.41) is 16.4. The number of aromatic nitrogens is 5. The smallest absolute Gasteiger partial charge is 0.408 e. The Hall–Kier alpha value is -4.38. The summed E-state index contributed by atoms with van der Waals surface area (Å²) in [5.74, 6) is -3.92. The van der Waals surface area contributed by atoms with Crippen molar-refractivity contribution >= 4 is 23.6 Å². The van der Waals surface area contributed by atoms with Gasteiger partial charge in [-0.2, -0.15) is 18.3 Å². The molecule has 4 N–H and O–H groups in total. The summed E-state index contributed by atoms with van der Waals surface area (Å²) in [4.78, 5) is 38.7. The van der Waals surface area contributed by atoms with Crippen LogP contribution in [-0.4, -0.2) is 67.1 Å². The van der Waals surface area contributed by atoms with E-state index in [4.69, 9.17) is 5.73 Å². The zero-order valence-corrected chi connectivity index (χ0v) is 26.6. The minimum Gasteiger partial charge on any atom is -0.447 e. The fourth-order valence-corrected chi connectivity index (χ4v) is 5.16. The van der Waals surface area contributed by atoms with Crippen molar-refractivity contribution in [3.63, 3.8) is 0 Å². The predicted molar refractivity (Wildman–Crippen MR) is 159 cm³/mol. The highest BCUT2D eigenvalue weighted by Crippen LogP contribution is 2.40. The molecule has 3 aromatic rings. The molecule has 0 aromatic carbocycles. The fourth-order valence-electron chi connectivity index (χ4n) is 5.16. The second-order valence-electron chi connectivity index (χ2n) is 12.2. The molecular formula is C30H39F5N8O5.